The normalized spacial score (nSPS) is 11.4. The molecule has 0 aliphatic rings. The van der Waals surface area contributed by atoms with Gasteiger partial charge in [0.25, 0.3) is 0 Å². The molecule has 0 fully saturated rings. The summed E-state index contributed by atoms with van der Waals surface area (Å²) in [4.78, 5) is 2.59. The maximum Gasteiger partial charge on any atom is 0.203 e. The molecule has 1 aromatic heterocycles. The van der Waals surface area contributed by atoms with Crippen LogP contribution in [-0.4, -0.2) is 41.0 Å². The van der Waals surface area contributed by atoms with Gasteiger partial charge < -0.3 is 19.2 Å². The molecule has 0 saturated heterocycles. The van der Waals surface area contributed by atoms with Crippen molar-refractivity contribution in [2.75, 3.05) is 27.6 Å². The van der Waals surface area contributed by atoms with Crippen LogP contribution in [0.1, 0.15) is 0 Å². The van der Waals surface area contributed by atoms with Gasteiger partial charge in [0.2, 0.25) is 5.75 Å². The molecule has 2 aromatic rings. The van der Waals surface area contributed by atoms with Gasteiger partial charge in [-0.3, -0.25) is 0 Å². The van der Waals surface area contributed by atoms with Crippen LogP contribution in [0.15, 0.2) is 17.2 Å². The molecule has 1 aromatic carbocycles. The second kappa shape index (κ2) is 6.51. The van der Waals surface area contributed by atoms with Gasteiger partial charge in [-0.05, 0) is 12.1 Å². The number of benzene rings is 1. The minimum absolute atomic E-state index is 0.0111. The monoisotopic (exact) mass is 379 g/mol. The molecule has 0 amide bonds. The third-order valence-corrected chi connectivity index (χ3v) is 5.03. The summed E-state index contributed by atoms with van der Waals surface area (Å²) < 4.78 is 39.5. The Kier molecular flexibility index (Phi) is 5.03. The maximum absolute atomic E-state index is 11.8. The van der Waals surface area contributed by atoms with E-state index >= 15 is 0 Å². The standard InChI is InChI=1S/C14H15Cl2NO5S/c1-20-8-6-5-7(11(21-2)12(8)22-3)9-10(15)14(17-13(9)16)23(4,18)19/h5-6,17H,1-4H3. The van der Waals surface area contributed by atoms with Gasteiger partial charge >= 0.3 is 0 Å². The largest absolute Gasteiger partial charge is 0.493 e. The number of rotatable bonds is 5. The van der Waals surface area contributed by atoms with Gasteiger partial charge in [-0.1, -0.05) is 23.2 Å². The fourth-order valence-corrected chi connectivity index (χ4v) is 3.99. The summed E-state index contributed by atoms with van der Waals surface area (Å²) in [6, 6.07) is 3.31. The first-order valence-corrected chi connectivity index (χ1v) is 8.97. The highest BCUT2D eigenvalue weighted by Gasteiger charge is 2.27. The van der Waals surface area contributed by atoms with E-state index in [0.29, 0.717) is 28.4 Å². The zero-order chi connectivity index (χ0) is 17.4. The molecular weight excluding hydrogens is 365 g/mol. The number of sulfone groups is 1. The summed E-state index contributed by atoms with van der Waals surface area (Å²) >= 11 is 12.4. The molecule has 9 heteroatoms. The van der Waals surface area contributed by atoms with E-state index in [9.17, 15) is 8.42 Å². The summed E-state index contributed by atoms with van der Waals surface area (Å²) in [7, 11) is 0.851. The SMILES string of the molecule is COc1ccc(-c2c(Cl)[nH]c(S(C)(=O)=O)c2Cl)c(OC)c1OC. The number of hydrogen-bond donors (Lipinski definition) is 1. The van der Waals surface area contributed by atoms with Gasteiger partial charge in [-0.2, -0.15) is 0 Å². The second-order valence-corrected chi connectivity index (χ2v) is 7.32. The first-order chi connectivity index (χ1) is 10.8. The van der Waals surface area contributed by atoms with Crippen LogP contribution in [0.3, 0.4) is 0 Å². The molecular formula is C14H15Cl2NO5S. The Morgan fingerprint density at radius 2 is 1.61 bits per heavy atom. The first-order valence-electron chi connectivity index (χ1n) is 6.32. The lowest BCUT2D eigenvalue weighted by Crippen LogP contribution is -1.98. The van der Waals surface area contributed by atoms with Crippen molar-refractivity contribution in [3.05, 3.63) is 22.3 Å². The predicted molar refractivity (Wildman–Crippen MR) is 89.0 cm³/mol. The number of hydrogen-bond acceptors (Lipinski definition) is 5. The Morgan fingerprint density at radius 3 is 2.04 bits per heavy atom. The number of halogens is 2. The molecule has 0 radical (unpaired) electrons. The van der Waals surface area contributed by atoms with Gasteiger partial charge in [-0.15, -0.1) is 0 Å². The summed E-state index contributed by atoms with van der Waals surface area (Å²) in [5, 5.41) is -0.0834. The highest BCUT2D eigenvalue weighted by molar-refractivity contribution is 7.90. The van der Waals surface area contributed by atoms with Crippen LogP contribution in [0.25, 0.3) is 11.1 Å². The minimum Gasteiger partial charge on any atom is -0.493 e. The maximum atomic E-state index is 11.8. The van der Waals surface area contributed by atoms with E-state index in [0.717, 1.165) is 6.26 Å². The number of methoxy groups -OCH3 is 3. The average Bonchev–Trinajstić information content (AvgIpc) is 2.80. The van der Waals surface area contributed by atoms with E-state index in [1.54, 1.807) is 12.1 Å². The van der Waals surface area contributed by atoms with Crippen molar-refractivity contribution in [1.82, 2.24) is 4.98 Å². The Hall–Kier alpha value is -1.57. The van der Waals surface area contributed by atoms with Crippen molar-refractivity contribution in [3.63, 3.8) is 0 Å². The van der Waals surface area contributed by atoms with Crippen LogP contribution in [0.5, 0.6) is 17.2 Å². The lowest BCUT2D eigenvalue weighted by Gasteiger charge is -2.15. The molecule has 6 nitrogen and oxygen atoms in total. The Labute approximate surface area is 144 Å². The van der Waals surface area contributed by atoms with Crippen LogP contribution in [0.4, 0.5) is 0 Å². The number of H-pyrrole nitrogens is 1. The lowest BCUT2D eigenvalue weighted by molar-refractivity contribution is 0.325. The third kappa shape index (κ3) is 3.08. The van der Waals surface area contributed by atoms with E-state index in [1.807, 2.05) is 0 Å². The zero-order valence-corrected chi connectivity index (χ0v) is 15.2. The molecule has 0 saturated carbocycles. The molecule has 23 heavy (non-hydrogen) atoms. The Bertz CT molecular complexity index is 845. The van der Waals surface area contributed by atoms with E-state index in [2.05, 4.69) is 4.98 Å². The van der Waals surface area contributed by atoms with Gasteiger partial charge in [0, 0.05) is 17.4 Å². The van der Waals surface area contributed by atoms with Gasteiger partial charge in [0.15, 0.2) is 26.4 Å². The molecule has 0 aliphatic heterocycles. The van der Waals surface area contributed by atoms with Crippen molar-refractivity contribution in [3.8, 4) is 28.4 Å². The summed E-state index contributed by atoms with van der Waals surface area (Å²) in [6.45, 7) is 0. The van der Waals surface area contributed by atoms with Crippen molar-refractivity contribution in [1.29, 1.82) is 0 Å². The quantitative estimate of drug-likeness (QED) is 0.860. The van der Waals surface area contributed by atoms with E-state index in [1.165, 1.54) is 21.3 Å². The van der Waals surface area contributed by atoms with Crippen molar-refractivity contribution < 1.29 is 22.6 Å². The highest BCUT2D eigenvalue weighted by atomic mass is 35.5. The Morgan fingerprint density at radius 1 is 1.00 bits per heavy atom. The molecule has 0 spiro atoms. The van der Waals surface area contributed by atoms with Crippen molar-refractivity contribution in [2.24, 2.45) is 0 Å². The van der Waals surface area contributed by atoms with E-state index in [4.69, 9.17) is 37.4 Å². The molecule has 2 rings (SSSR count). The van der Waals surface area contributed by atoms with Gasteiger partial charge in [-0.25, -0.2) is 8.42 Å². The van der Waals surface area contributed by atoms with Crippen LogP contribution < -0.4 is 14.2 Å². The molecule has 1 heterocycles. The smallest absolute Gasteiger partial charge is 0.203 e. The number of aromatic amines is 1. The average molecular weight is 380 g/mol. The number of nitrogens with one attached hydrogen (secondary N) is 1. The fourth-order valence-electron chi connectivity index (χ4n) is 2.22. The molecule has 0 unspecified atom stereocenters. The molecule has 0 bridgehead atoms. The fraction of sp³-hybridized carbons (Fsp3) is 0.286. The highest BCUT2D eigenvalue weighted by Crippen LogP contribution is 2.49. The Balaban J connectivity index is 2.81. The van der Waals surface area contributed by atoms with Crippen LogP contribution in [0, 0.1) is 0 Å². The van der Waals surface area contributed by atoms with Crippen LogP contribution in [-0.2, 0) is 9.84 Å². The van der Waals surface area contributed by atoms with Crippen molar-refractivity contribution >= 4 is 33.0 Å². The number of ether oxygens (including phenoxy) is 3. The molecule has 0 aliphatic carbocycles. The van der Waals surface area contributed by atoms with Crippen LogP contribution in [0.2, 0.25) is 10.2 Å². The molecule has 1 N–H and O–H groups in total. The molecule has 0 atom stereocenters. The van der Waals surface area contributed by atoms with E-state index < -0.39 is 9.84 Å². The van der Waals surface area contributed by atoms with Crippen LogP contribution >= 0.6 is 23.2 Å². The first kappa shape index (κ1) is 17.8. The molecule has 126 valence electrons. The summed E-state index contributed by atoms with van der Waals surface area (Å²) in [6.07, 6.45) is 1.04. The third-order valence-electron chi connectivity index (χ3n) is 3.21. The van der Waals surface area contributed by atoms with Gasteiger partial charge in [0.1, 0.15) is 5.15 Å². The second-order valence-electron chi connectivity index (χ2n) is 4.61. The summed E-state index contributed by atoms with van der Waals surface area (Å²) in [5.41, 5.74) is 0.790. The van der Waals surface area contributed by atoms with E-state index in [-0.39, 0.29) is 15.2 Å². The van der Waals surface area contributed by atoms with Gasteiger partial charge in [0.05, 0.1) is 26.4 Å². The lowest BCUT2D eigenvalue weighted by atomic mass is 10.1. The summed E-state index contributed by atoms with van der Waals surface area (Å²) in [5.74, 6) is 1.13. The van der Waals surface area contributed by atoms with Crippen molar-refractivity contribution in [2.45, 2.75) is 5.03 Å². The topological polar surface area (TPSA) is 77.6 Å². The minimum atomic E-state index is -3.56. The predicted octanol–water partition coefficient (Wildman–Crippen LogP) is 3.42. The zero-order valence-electron chi connectivity index (χ0n) is 12.9. The number of aromatic nitrogens is 1.